The van der Waals surface area contributed by atoms with Crippen LogP contribution in [0, 0.1) is 0 Å². The maximum absolute atomic E-state index is 12.6. The lowest BCUT2D eigenvalue weighted by molar-refractivity contribution is -0.274. The molecule has 0 radical (unpaired) electrons. The first-order valence-corrected chi connectivity index (χ1v) is 13.5. The highest BCUT2D eigenvalue weighted by atomic mass is 35.5. The Morgan fingerprint density at radius 2 is 1.65 bits per heavy atom. The van der Waals surface area contributed by atoms with Crippen molar-refractivity contribution in [2.75, 3.05) is 26.3 Å². The van der Waals surface area contributed by atoms with Crippen LogP contribution in [0.5, 0.6) is 17.2 Å². The SMILES string of the molecule is CCOc1cc(CN2CCC(NC(=O)c3ccc(Cl)nc3)CC2)cc(OCC)c1-c1ccc(OC(F)(F)F)cc1. The normalized spacial score (nSPS) is 14.6. The Morgan fingerprint density at radius 3 is 2.17 bits per heavy atom. The van der Waals surface area contributed by atoms with Gasteiger partial charge in [0.2, 0.25) is 0 Å². The van der Waals surface area contributed by atoms with E-state index in [0.29, 0.717) is 53.1 Å². The van der Waals surface area contributed by atoms with Gasteiger partial charge in [-0.15, -0.1) is 13.2 Å². The smallest absolute Gasteiger partial charge is 0.493 e. The van der Waals surface area contributed by atoms with Crippen molar-refractivity contribution in [2.24, 2.45) is 0 Å². The zero-order valence-corrected chi connectivity index (χ0v) is 23.0. The minimum absolute atomic E-state index is 0.0593. The summed E-state index contributed by atoms with van der Waals surface area (Å²) >= 11 is 5.81. The van der Waals surface area contributed by atoms with Crippen LogP contribution in [-0.4, -0.2) is 54.5 Å². The average Bonchev–Trinajstić information content (AvgIpc) is 2.90. The summed E-state index contributed by atoms with van der Waals surface area (Å²) in [4.78, 5) is 18.8. The fourth-order valence-corrected chi connectivity index (χ4v) is 4.77. The number of nitrogens with zero attached hydrogens (tertiary/aromatic N) is 2. The largest absolute Gasteiger partial charge is 0.573 e. The highest BCUT2D eigenvalue weighted by Gasteiger charge is 2.31. The molecule has 1 N–H and O–H groups in total. The summed E-state index contributed by atoms with van der Waals surface area (Å²) in [5.41, 5.74) is 2.79. The number of nitrogens with one attached hydrogen (secondary N) is 1. The van der Waals surface area contributed by atoms with E-state index in [-0.39, 0.29) is 17.7 Å². The van der Waals surface area contributed by atoms with Gasteiger partial charge in [0.1, 0.15) is 22.4 Å². The zero-order chi connectivity index (χ0) is 28.7. The molecule has 0 aliphatic carbocycles. The predicted molar refractivity (Wildman–Crippen MR) is 146 cm³/mol. The molecule has 1 aromatic heterocycles. The molecule has 11 heteroatoms. The van der Waals surface area contributed by atoms with Crippen molar-refractivity contribution >= 4 is 17.5 Å². The van der Waals surface area contributed by atoms with Gasteiger partial charge in [-0.2, -0.15) is 0 Å². The number of hydrogen-bond donors (Lipinski definition) is 1. The van der Waals surface area contributed by atoms with Crippen molar-refractivity contribution in [3.05, 3.63) is 71.0 Å². The van der Waals surface area contributed by atoms with Crippen LogP contribution in [0.3, 0.4) is 0 Å². The van der Waals surface area contributed by atoms with Gasteiger partial charge in [0.15, 0.2) is 0 Å². The minimum Gasteiger partial charge on any atom is -0.493 e. The van der Waals surface area contributed by atoms with Gasteiger partial charge < -0.3 is 19.5 Å². The molecule has 1 amide bonds. The molecule has 0 spiro atoms. The Morgan fingerprint density at radius 1 is 1.02 bits per heavy atom. The van der Waals surface area contributed by atoms with E-state index in [0.717, 1.165) is 31.5 Å². The molecule has 0 saturated carbocycles. The summed E-state index contributed by atoms with van der Waals surface area (Å²) in [5.74, 6) is 0.713. The van der Waals surface area contributed by atoms with Gasteiger partial charge in [0.25, 0.3) is 5.91 Å². The maximum atomic E-state index is 12.6. The molecule has 1 saturated heterocycles. The zero-order valence-electron chi connectivity index (χ0n) is 22.3. The van der Waals surface area contributed by atoms with Gasteiger partial charge in [0.05, 0.1) is 24.3 Å². The molecule has 2 aromatic carbocycles. The number of piperidine rings is 1. The fraction of sp³-hybridized carbons (Fsp3) is 0.379. The number of likely N-dealkylation sites (tertiary alicyclic amines) is 1. The highest BCUT2D eigenvalue weighted by Crippen LogP contribution is 2.41. The second-order valence-corrected chi connectivity index (χ2v) is 9.69. The molecule has 0 bridgehead atoms. The lowest BCUT2D eigenvalue weighted by Crippen LogP contribution is -2.44. The average molecular weight is 578 g/mol. The quantitative estimate of drug-likeness (QED) is 0.278. The van der Waals surface area contributed by atoms with Crippen molar-refractivity contribution < 1.29 is 32.2 Å². The van der Waals surface area contributed by atoms with Crippen molar-refractivity contribution in [1.29, 1.82) is 0 Å². The molecule has 0 unspecified atom stereocenters. The van der Waals surface area contributed by atoms with E-state index < -0.39 is 6.36 Å². The second-order valence-electron chi connectivity index (χ2n) is 9.30. The van der Waals surface area contributed by atoms with Crippen LogP contribution < -0.4 is 19.5 Å². The third kappa shape index (κ3) is 8.02. The lowest BCUT2D eigenvalue weighted by atomic mass is 9.99. The summed E-state index contributed by atoms with van der Waals surface area (Å²) in [6.45, 7) is 6.80. The molecule has 4 rings (SSSR count). The van der Waals surface area contributed by atoms with Gasteiger partial charge in [-0.1, -0.05) is 23.7 Å². The molecule has 1 aliphatic heterocycles. The van der Waals surface area contributed by atoms with E-state index in [2.05, 4.69) is 19.9 Å². The monoisotopic (exact) mass is 577 g/mol. The first-order chi connectivity index (χ1) is 19.1. The highest BCUT2D eigenvalue weighted by molar-refractivity contribution is 6.29. The van der Waals surface area contributed by atoms with Gasteiger partial charge >= 0.3 is 6.36 Å². The van der Waals surface area contributed by atoms with Crippen LogP contribution in [0.1, 0.15) is 42.6 Å². The molecule has 40 heavy (non-hydrogen) atoms. The molecule has 214 valence electrons. The number of carbonyl (C=O) groups excluding carboxylic acids is 1. The van der Waals surface area contributed by atoms with E-state index in [1.54, 1.807) is 24.3 Å². The Hall–Kier alpha value is -3.50. The summed E-state index contributed by atoms with van der Waals surface area (Å²) in [6.07, 6.45) is -1.70. The van der Waals surface area contributed by atoms with Gasteiger partial charge in [0, 0.05) is 31.9 Å². The third-order valence-corrected chi connectivity index (χ3v) is 6.64. The first-order valence-electron chi connectivity index (χ1n) is 13.1. The van der Waals surface area contributed by atoms with Crippen LogP contribution in [0.15, 0.2) is 54.7 Å². The number of alkyl halides is 3. The van der Waals surface area contributed by atoms with E-state index >= 15 is 0 Å². The maximum Gasteiger partial charge on any atom is 0.573 e. The number of ether oxygens (including phenoxy) is 3. The lowest BCUT2D eigenvalue weighted by Gasteiger charge is -2.32. The number of aromatic nitrogens is 1. The number of rotatable bonds is 10. The van der Waals surface area contributed by atoms with Crippen molar-refractivity contribution in [3.8, 4) is 28.4 Å². The van der Waals surface area contributed by atoms with Crippen LogP contribution in [0.2, 0.25) is 5.15 Å². The van der Waals surface area contributed by atoms with E-state index in [1.165, 1.54) is 18.3 Å². The summed E-state index contributed by atoms with van der Waals surface area (Å²) in [6, 6.07) is 12.9. The standard InChI is InChI=1S/C29H31ClF3N3O4/c1-3-38-24-15-19(16-25(39-4-2)27(24)20-5-8-23(9-6-20)40-29(31,32)33)18-36-13-11-22(12-14-36)35-28(37)21-7-10-26(30)34-17-21/h5-10,15-17,22H,3-4,11-14,18H2,1-2H3,(H,35,37). The fourth-order valence-electron chi connectivity index (χ4n) is 4.65. The van der Waals surface area contributed by atoms with Crippen LogP contribution >= 0.6 is 11.6 Å². The van der Waals surface area contributed by atoms with Crippen molar-refractivity contribution in [3.63, 3.8) is 0 Å². The topological polar surface area (TPSA) is 72.9 Å². The Bertz CT molecular complexity index is 1250. The van der Waals surface area contributed by atoms with Crippen molar-refractivity contribution in [1.82, 2.24) is 15.2 Å². The van der Waals surface area contributed by atoms with Crippen LogP contribution in [0.25, 0.3) is 11.1 Å². The Labute approximate surface area is 236 Å². The molecule has 2 heterocycles. The van der Waals surface area contributed by atoms with Crippen LogP contribution in [0.4, 0.5) is 13.2 Å². The van der Waals surface area contributed by atoms with E-state index in [4.69, 9.17) is 21.1 Å². The molecule has 7 nitrogen and oxygen atoms in total. The van der Waals surface area contributed by atoms with E-state index in [9.17, 15) is 18.0 Å². The number of amides is 1. The predicted octanol–water partition coefficient (Wildman–Crippen LogP) is 6.49. The third-order valence-electron chi connectivity index (χ3n) is 6.42. The molecular formula is C29H31ClF3N3O4. The summed E-state index contributed by atoms with van der Waals surface area (Å²) in [7, 11) is 0. The summed E-state index contributed by atoms with van der Waals surface area (Å²) < 4.78 is 53.7. The molecular weight excluding hydrogens is 547 g/mol. The van der Waals surface area contributed by atoms with E-state index in [1.807, 2.05) is 26.0 Å². The van der Waals surface area contributed by atoms with Crippen LogP contribution in [-0.2, 0) is 6.54 Å². The summed E-state index contributed by atoms with van der Waals surface area (Å²) in [5, 5.41) is 3.41. The number of pyridine rings is 1. The number of carbonyl (C=O) groups is 1. The molecule has 0 atom stereocenters. The van der Waals surface area contributed by atoms with Gasteiger partial charge in [-0.3, -0.25) is 9.69 Å². The molecule has 1 aliphatic rings. The Kier molecular flexibility index (Phi) is 9.76. The van der Waals surface area contributed by atoms with Crippen molar-refractivity contribution in [2.45, 2.75) is 45.6 Å². The second kappa shape index (κ2) is 13.2. The Balaban J connectivity index is 1.45. The number of hydrogen-bond acceptors (Lipinski definition) is 6. The molecule has 1 fully saturated rings. The minimum atomic E-state index is -4.76. The van der Waals surface area contributed by atoms with Gasteiger partial charge in [-0.05, 0) is 74.2 Å². The number of benzene rings is 2. The molecule has 3 aromatic rings. The number of halogens is 4. The first kappa shape index (κ1) is 29.5. The van der Waals surface area contributed by atoms with Gasteiger partial charge in [-0.25, -0.2) is 4.98 Å².